The van der Waals surface area contributed by atoms with Crippen LogP contribution >= 0.6 is 11.3 Å². The first-order valence-electron chi connectivity index (χ1n) is 9.35. The van der Waals surface area contributed by atoms with E-state index in [4.69, 9.17) is 4.42 Å². The van der Waals surface area contributed by atoms with Crippen LogP contribution in [0.4, 0.5) is 10.1 Å². The van der Waals surface area contributed by atoms with Crippen molar-refractivity contribution in [2.24, 2.45) is 0 Å². The molecule has 29 heavy (non-hydrogen) atoms. The number of rotatable bonds is 7. The minimum absolute atomic E-state index is 0.202. The van der Waals surface area contributed by atoms with E-state index in [9.17, 15) is 12.8 Å². The molecule has 1 atom stereocenters. The van der Waals surface area contributed by atoms with E-state index in [2.05, 4.69) is 9.62 Å². The second-order valence-corrected chi connectivity index (χ2v) is 9.73. The molecular weight excluding hydrogens is 413 g/mol. The maximum absolute atomic E-state index is 14.1. The molecule has 0 aliphatic carbocycles. The van der Waals surface area contributed by atoms with Gasteiger partial charge in [0.1, 0.15) is 15.8 Å². The van der Waals surface area contributed by atoms with Crippen molar-refractivity contribution in [1.29, 1.82) is 0 Å². The molecule has 0 radical (unpaired) electrons. The van der Waals surface area contributed by atoms with Gasteiger partial charge in [0.2, 0.25) is 10.0 Å². The molecule has 1 aromatic carbocycles. The van der Waals surface area contributed by atoms with Gasteiger partial charge in [0.25, 0.3) is 0 Å². The summed E-state index contributed by atoms with van der Waals surface area (Å²) < 4.78 is 47.7. The Hall–Kier alpha value is -2.20. The van der Waals surface area contributed by atoms with Crippen molar-refractivity contribution in [2.45, 2.75) is 10.3 Å². The molecule has 1 unspecified atom stereocenters. The van der Waals surface area contributed by atoms with Gasteiger partial charge >= 0.3 is 0 Å². The number of nitrogens with one attached hydrogen (secondary N) is 1. The van der Waals surface area contributed by atoms with Crippen LogP contribution in [0.3, 0.4) is 0 Å². The molecule has 4 rings (SSSR count). The number of piperazine rings is 1. The summed E-state index contributed by atoms with van der Waals surface area (Å²) in [6.45, 7) is 2.83. The largest absolute Gasteiger partial charge is 0.468 e. The van der Waals surface area contributed by atoms with Gasteiger partial charge in [-0.25, -0.2) is 17.5 Å². The van der Waals surface area contributed by atoms with E-state index >= 15 is 0 Å². The van der Waals surface area contributed by atoms with Crippen LogP contribution < -0.4 is 9.62 Å². The van der Waals surface area contributed by atoms with Crippen LogP contribution in [0.25, 0.3) is 0 Å². The maximum atomic E-state index is 14.1. The van der Waals surface area contributed by atoms with Gasteiger partial charge in [-0.05, 0) is 35.7 Å². The second-order valence-electron chi connectivity index (χ2n) is 6.79. The van der Waals surface area contributed by atoms with E-state index in [1.165, 1.54) is 17.4 Å². The van der Waals surface area contributed by atoms with Crippen molar-refractivity contribution in [3.8, 4) is 0 Å². The predicted octanol–water partition coefficient (Wildman–Crippen LogP) is 3.32. The van der Waals surface area contributed by atoms with Gasteiger partial charge in [0.05, 0.1) is 18.0 Å². The van der Waals surface area contributed by atoms with Crippen LogP contribution in [0.1, 0.15) is 11.8 Å². The molecule has 1 aliphatic heterocycles. The number of benzene rings is 1. The van der Waals surface area contributed by atoms with Gasteiger partial charge in [-0.15, -0.1) is 11.3 Å². The molecule has 1 fully saturated rings. The molecule has 1 aliphatic rings. The highest BCUT2D eigenvalue weighted by molar-refractivity contribution is 7.91. The number of sulfonamides is 1. The Morgan fingerprint density at radius 1 is 1.07 bits per heavy atom. The number of para-hydroxylation sites is 1. The van der Waals surface area contributed by atoms with Crippen molar-refractivity contribution in [1.82, 2.24) is 9.62 Å². The van der Waals surface area contributed by atoms with E-state index < -0.39 is 10.0 Å². The van der Waals surface area contributed by atoms with Crippen molar-refractivity contribution in [3.05, 3.63) is 71.8 Å². The maximum Gasteiger partial charge on any atom is 0.250 e. The highest BCUT2D eigenvalue weighted by atomic mass is 32.2. The second kappa shape index (κ2) is 8.66. The fraction of sp³-hybridized carbons (Fsp3) is 0.300. The van der Waals surface area contributed by atoms with E-state index in [1.54, 1.807) is 42.0 Å². The Balaban J connectivity index is 1.45. The first-order valence-corrected chi connectivity index (χ1v) is 11.7. The summed E-state index contributed by atoms with van der Waals surface area (Å²) in [4.78, 5) is 4.19. The number of thiophene rings is 1. The van der Waals surface area contributed by atoms with Gasteiger partial charge in [-0.3, -0.25) is 4.90 Å². The Labute approximate surface area is 173 Å². The number of anilines is 1. The van der Waals surface area contributed by atoms with Gasteiger partial charge in [0.15, 0.2) is 0 Å². The lowest BCUT2D eigenvalue weighted by atomic mass is 10.1. The van der Waals surface area contributed by atoms with Gasteiger partial charge in [0, 0.05) is 32.7 Å². The molecule has 0 bridgehead atoms. The molecule has 9 heteroatoms. The predicted molar refractivity (Wildman–Crippen MR) is 111 cm³/mol. The van der Waals surface area contributed by atoms with Crippen LogP contribution in [0, 0.1) is 5.82 Å². The molecule has 1 saturated heterocycles. The first-order chi connectivity index (χ1) is 14.0. The highest BCUT2D eigenvalue weighted by Gasteiger charge is 2.29. The summed E-state index contributed by atoms with van der Waals surface area (Å²) in [7, 11) is -3.56. The average molecular weight is 436 g/mol. The third-order valence-corrected chi connectivity index (χ3v) is 7.87. The lowest BCUT2D eigenvalue weighted by molar-refractivity contribution is 0.166. The minimum atomic E-state index is -3.56. The fourth-order valence-electron chi connectivity index (χ4n) is 3.55. The standard InChI is InChI=1S/C20H22FN3O3S2/c21-16-5-1-2-6-17(16)23-9-11-24(12-10-23)18(19-7-3-13-27-19)15-22-29(25,26)20-8-4-14-28-20/h1-8,13-14,18,22H,9-12,15H2. The van der Waals surface area contributed by atoms with E-state index in [0.29, 0.717) is 41.8 Å². The van der Waals surface area contributed by atoms with Crippen molar-refractivity contribution >= 4 is 27.0 Å². The van der Waals surface area contributed by atoms with Gasteiger partial charge in [-0.2, -0.15) is 0 Å². The number of furan rings is 1. The van der Waals surface area contributed by atoms with E-state index in [-0.39, 0.29) is 18.4 Å². The zero-order chi connectivity index (χ0) is 20.3. The third-order valence-electron chi connectivity index (χ3n) is 5.05. The molecule has 3 heterocycles. The Morgan fingerprint density at radius 2 is 1.86 bits per heavy atom. The zero-order valence-electron chi connectivity index (χ0n) is 15.7. The molecule has 1 N–H and O–H groups in total. The Kier molecular flexibility index (Phi) is 6.00. The number of halogens is 1. The lowest BCUT2D eigenvalue weighted by Gasteiger charge is -2.39. The summed E-state index contributed by atoms with van der Waals surface area (Å²) in [5.74, 6) is 0.477. The van der Waals surface area contributed by atoms with Gasteiger partial charge in [-0.1, -0.05) is 18.2 Å². The van der Waals surface area contributed by atoms with Crippen LogP contribution in [0.15, 0.2) is 68.8 Å². The first kappa shape index (κ1) is 20.1. The van der Waals surface area contributed by atoms with Crippen LogP contribution in [0.2, 0.25) is 0 Å². The van der Waals surface area contributed by atoms with Gasteiger partial charge < -0.3 is 9.32 Å². The molecule has 0 saturated carbocycles. The summed E-state index contributed by atoms with van der Waals surface area (Å²) >= 11 is 1.18. The van der Waals surface area contributed by atoms with Crippen molar-refractivity contribution in [2.75, 3.05) is 37.6 Å². The smallest absolute Gasteiger partial charge is 0.250 e. The van der Waals surface area contributed by atoms with Crippen molar-refractivity contribution in [3.63, 3.8) is 0 Å². The fourth-order valence-corrected chi connectivity index (χ4v) is 5.63. The van der Waals surface area contributed by atoms with Crippen LogP contribution in [0.5, 0.6) is 0 Å². The summed E-state index contributed by atoms with van der Waals surface area (Å²) in [6, 6.07) is 13.5. The normalized spacial score (nSPS) is 16.8. The molecule has 0 amide bonds. The topological polar surface area (TPSA) is 65.8 Å². The third kappa shape index (κ3) is 4.53. The molecule has 6 nitrogen and oxygen atoms in total. The zero-order valence-corrected chi connectivity index (χ0v) is 17.3. The minimum Gasteiger partial charge on any atom is -0.468 e. The Morgan fingerprint density at radius 3 is 2.52 bits per heavy atom. The highest BCUT2D eigenvalue weighted by Crippen LogP contribution is 2.26. The van der Waals surface area contributed by atoms with Crippen LogP contribution in [-0.4, -0.2) is 46.0 Å². The van der Waals surface area contributed by atoms with Crippen molar-refractivity contribution < 1.29 is 17.2 Å². The van der Waals surface area contributed by atoms with E-state index in [0.717, 1.165) is 0 Å². The average Bonchev–Trinajstić information content (AvgIpc) is 3.44. The SMILES string of the molecule is O=S(=O)(NCC(c1ccco1)N1CCN(c2ccccc2F)CC1)c1cccs1. The Bertz CT molecular complexity index is 1020. The summed E-state index contributed by atoms with van der Waals surface area (Å²) in [5, 5.41) is 1.74. The lowest BCUT2D eigenvalue weighted by Crippen LogP contribution is -2.50. The number of hydrogen-bond acceptors (Lipinski definition) is 6. The molecule has 154 valence electrons. The number of hydrogen-bond donors (Lipinski definition) is 1. The summed E-state index contributed by atoms with van der Waals surface area (Å²) in [6.07, 6.45) is 1.59. The van der Waals surface area contributed by atoms with E-state index in [1.807, 2.05) is 17.0 Å². The molecule has 3 aromatic rings. The summed E-state index contributed by atoms with van der Waals surface area (Å²) in [5.41, 5.74) is 0.597. The number of nitrogens with zero attached hydrogens (tertiary/aromatic N) is 2. The quantitative estimate of drug-likeness (QED) is 0.617. The monoisotopic (exact) mass is 435 g/mol. The van der Waals surface area contributed by atoms with Crippen LogP contribution in [-0.2, 0) is 10.0 Å². The molecule has 0 spiro atoms. The molecular formula is C20H22FN3O3S2. The molecule has 2 aromatic heterocycles.